The fourth-order valence-electron chi connectivity index (χ4n) is 5.33. The van der Waals surface area contributed by atoms with Crippen molar-refractivity contribution in [2.75, 3.05) is 0 Å². The number of benzene rings is 6. The average molecular weight is 861 g/mol. The van der Waals surface area contributed by atoms with E-state index in [0.717, 1.165) is 28.1 Å². The molecule has 0 aliphatic heterocycles. The Kier molecular flexibility index (Phi) is 18.3. The predicted octanol–water partition coefficient (Wildman–Crippen LogP) is 12.4. The van der Waals surface area contributed by atoms with Crippen LogP contribution in [0.2, 0.25) is 0 Å². The molecule has 4 heteroatoms. The third kappa shape index (κ3) is 14.1. The Morgan fingerprint density at radius 2 is 0.827 bits per heavy atom. The summed E-state index contributed by atoms with van der Waals surface area (Å²) in [6.45, 7) is 17.6. The van der Waals surface area contributed by atoms with Crippen LogP contribution in [0.5, 0.6) is 0 Å². The molecular weight excluding hydrogens is 814 g/mol. The van der Waals surface area contributed by atoms with Crippen LogP contribution in [0.4, 0.5) is 5.69 Å². The van der Waals surface area contributed by atoms with E-state index in [-0.39, 0.29) is 31.6 Å². The standard InChI is InChI=1S/C27H26N2P.3C7H7.Hf/c1-20-18-21(2)26(22(3)19-20)29-27(25-16-10-11-17-28-25)30(23-12-6-4-7-13-23)24-14-8-5-9-15-24;3*1-7-5-3-2-4-6-7;/h4-19,27H,1-3H3;3*2-6H,1H2;/q4*-1;+4. The molecule has 7 rings (SSSR count). The molecule has 0 radical (unpaired) electrons. The van der Waals surface area contributed by atoms with Crippen molar-refractivity contribution in [2.45, 2.75) is 26.6 Å². The molecule has 0 N–H and O–H groups in total. The smallest absolute Gasteiger partial charge is 0.672 e. The van der Waals surface area contributed by atoms with Gasteiger partial charge in [-0.2, -0.15) is 73.9 Å². The number of hydrogen-bond donors (Lipinski definition) is 0. The molecular formula is C48H47HfN2P. The Morgan fingerprint density at radius 3 is 1.13 bits per heavy atom. The molecule has 1 aromatic heterocycles. The topological polar surface area (TPSA) is 27.0 Å². The van der Waals surface area contributed by atoms with Crippen molar-refractivity contribution in [3.05, 3.63) is 253 Å². The maximum atomic E-state index is 5.39. The van der Waals surface area contributed by atoms with Gasteiger partial charge >= 0.3 is 25.8 Å². The van der Waals surface area contributed by atoms with E-state index >= 15 is 0 Å². The summed E-state index contributed by atoms with van der Waals surface area (Å²) >= 11 is 0. The first-order valence-electron chi connectivity index (χ1n) is 17.0. The largest absolute Gasteiger partial charge is 4.00 e. The van der Waals surface area contributed by atoms with Crippen molar-refractivity contribution in [3.63, 3.8) is 0 Å². The quantitative estimate of drug-likeness (QED) is 0.0930. The van der Waals surface area contributed by atoms with Crippen LogP contribution in [0.15, 0.2) is 188 Å². The first kappa shape index (κ1) is 41.6. The Morgan fingerprint density at radius 1 is 0.481 bits per heavy atom. The van der Waals surface area contributed by atoms with Gasteiger partial charge in [-0.1, -0.05) is 122 Å². The molecule has 0 aliphatic rings. The van der Waals surface area contributed by atoms with Gasteiger partial charge in [-0.3, -0.25) is 4.98 Å². The zero-order chi connectivity index (χ0) is 36.3. The molecule has 1 unspecified atom stereocenters. The molecule has 52 heavy (non-hydrogen) atoms. The number of rotatable bonds is 6. The fraction of sp³-hybridized carbons (Fsp3) is 0.0833. The van der Waals surface area contributed by atoms with Gasteiger partial charge in [0.05, 0.1) is 0 Å². The Hall–Kier alpha value is -4.82. The van der Waals surface area contributed by atoms with E-state index in [1.165, 1.54) is 27.3 Å². The third-order valence-corrected chi connectivity index (χ3v) is 10.3. The van der Waals surface area contributed by atoms with Gasteiger partial charge in [0.1, 0.15) is 0 Å². The third-order valence-electron chi connectivity index (χ3n) is 7.68. The average Bonchev–Trinajstić information content (AvgIpc) is 3.15. The van der Waals surface area contributed by atoms with Gasteiger partial charge in [-0.05, 0) is 49.3 Å². The van der Waals surface area contributed by atoms with E-state index in [1.807, 2.05) is 103 Å². The van der Waals surface area contributed by atoms with Crippen molar-refractivity contribution >= 4 is 24.2 Å². The number of aromatic nitrogens is 1. The summed E-state index contributed by atoms with van der Waals surface area (Å²) in [5.74, 6) is -0.0638. The second-order valence-corrected chi connectivity index (χ2v) is 14.3. The first-order valence-corrected chi connectivity index (χ1v) is 18.4. The van der Waals surface area contributed by atoms with Crippen molar-refractivity contribution in [2.24, 2.45) is 0 Å². The first-order chi connectivity index (χ1) is 24.8. The molecule has 0 fully saturated rings. The summed E-state index contributed by atoms with van der Waals surface area (Å²) in [6.07, 6.45) is 1.87. The van der Waals surface area contributed by atoms with E-state index in [2.05, 4.69) is 126 Å². The summed E-state index contributed by atoms with van der Waals surface area (Å²) in [6, 6.07) is 61.7. The van der Waals surface area contributed by atoms with E-state index < -0.39 is 7.92 Å². The van der Waals surface area contributed by atoms with E-state index in [0.29, 0.717) is 0 Å². The van der Waals surface area contributed by atoms with Gasteiger partial charge in [0.15, 0.2) is 0 Å². The summed E-state index contributed by atoms with van der Waals surface area (Å²) in [7, 11) is -0.776. The zero-order valence-corrected chi connectivity index (χ0v) is 34.9. The summed E-state index contributed by atoms with van der Waals surface area (Å²) in [4.78, 5) is 4.75. The van der Waals surface area contributed by atoms with Crippen LogP contribution in [-0.4, -0.2) is 4.98 Å². The van der Waals surface area contributed by atoms with Gasteiger partial charge < -0.3 is 5.32 Å². The second kappa shape index (κ2) is 22.9. The van der Waals surface area contributed by atoms with Crippen LogP contribution in [0.1, 0.15) is 44.9 Å². The van der Waals surface area contributed by atoms with Gasteiger partial charge in [-0.25, -0.2) is 0 Å². The van der Waals surface area contributed by atoms with Crippen molar-refractivity contribution in [3.8, 4) is 0 Å². The minimum absolute atomic E-state index is 0. The molecule has 258 valence electrons. The molecule has 6 aromatic carbocycles. The summed E-state index contributed by atoms with van der Waals surface area (Å²) in [5, 5.41) is 8.00. The van der Waals surface area contributed by atoms with Crippen LogP contribution in [0.25, 0.3) is 5.32 Å². The minimum atomic E-state index is -0.776. The maximum Gasteiger partial charge on any atom is 4.00 e. The Bertz CT molecular complexity index is 1800. The molecule has 0 spiro atoms. The molecule has 0 amide bonds. The van der Waals surface area contributed by atoms with Gasteiger partial charge in [-0.15, -0.1) is 42.1 Å². The van der Waals surface area contributed by atoms with Crippen LogP contribution in [0, 0.1) is 41.5 Å². The fourth-order valence-corrected chi connectivity index (χ4v) is 7.82. The minimum Gasteiger partial charge on any atom is -0.672 e. The van der Waals surface area contributed by atoms with Gasteiger partial charge in [0.25, 0.3) is 0 Å². The van der Waals surface area contributed by atoms with Crippen molar-refractivity contribution in [1.82, 2.24) is 4.98 Å². The van der Waals surface area contributed by atoms with E-state index in [9.17, 15) is 0 Å². The zero-order valence-electron chi connectivity index (χ0n) is 30.4. The van der Waals surface area contributed by atoms with Crippen LogP contribution in [0.3, 0.4) is 0 Å². The molecule has 0 bridgehead atoms. The van der Waals surface area contributed by atoms with Crippen molar-refractivity contribution < 1.29 is 25.8 Å². The number of pyridine rings is 1. The summed E-state index contributed by atoms with van der Waals surface area (Å²) in [5.41, 5.74) is 9.00. The van der Waals surface area contributed by atoms with Crippen molar-refractivity contribution in [1.29, 1.82) is 0 Å². The second-order valence-electron chi connectivity index (χ2n) is 12.0. The van der Waals surface area contributed by atoms with Crippen LogP contribution in [-0.2, 0) is 25.8 Å². The molecule has 1 atom stereocenters. The number of aryl methyl sites for hydroxylation is 3. The summed E-state index contributed by atoms with van der Waals surface area (Å²) < 4.78 is 0. The molecule has 1 heterocycles. The monoisotopic (exact) mass is 862 g/mol. The maximum absolute atomic E-state index is 5.39. The molecule has 0 saturated heterocycles. The van der Waals surface area contributed by atoms with Crippen LogP contribution >= 0.6 is 7.92 Å². The molecule has 0 saturated carbocycles. The predicted molar refractivity (Wildman–Crippen MR) is 222 cm³/mol. The van der Waals surface area contributed by atoms with E-state index in [4.69, 9.17) is 10.3 Å². The van der Waals surface area contributed by atoms with Gasteiger partial charge in [0.2, 0.25) is 0 Å². The Labute approximate surface area is 333 Å². The SMILES string of the molecule is Cc1cc(C)c([N-]C(c2ccccn2)P(c2ccccc2)c2ccccc2)c(C)c1.[CH2-]c1ccccc1.[CH2-]c1ccccc1.[CH2-]c1ccccc1.[Hf+4]. The Balaban J connectivity index is 0.000000265. The normalized spacial score (nSPS) is 10.4. The number of hydrogen-bond acceptors (Lipinski definition) is 1. The molecule has 7 aromatic rings. The van der Waals surface area contributed by atoms with Crippen LogP contribution < -0.4 is 10.6 Å². The van der Waals surface area contributed by atoms with E-state index in [1.54, 1.807) is 0 Å². The number of nitrogens with zero attached hydrogens (tertiary/aromatic N) is 2. The molecule has 2 nitrogen and oxygen atoms in total. The molecule has 0 aliphatic carbocycles. The van der Waals surface area contributed by atoms with Gasteiger partial charge in [0, 0.05) is 11.9 Å².